The average Bonchev–Trinajstić information content (AvgIpc) is 2.53. The van der Waals surface area contributed by atoms with E-state index in [1.54, 1.807) is 12.4 Å². The van der Waals surface area contributed by atoms with Crippen molar-refractivity contribution in [3.8, 4) is 23.1 Å². The molecule has 2 aromatic heterocycles. The first-order chi connectivity index (χ1) is 11.5. The van der Waals surface area contributed by atoms with E-state index in [2.05, 4.69) is 58.8 Å². The van der Waals surface area contributed by atoms with Crippen LogP contribution in [0.15, 0.2) is 42.7 Å². The molecule has 0 aliphatic rings. The predicted molar refractivity (Wildman–Crippen MR) is 96.3 cm³/mol. The molecule has 0 radical (unpaired) electrons. The lowest BCUT2D eigenvalue weighted by Crippen LogP contribution is -2.03. The van der Waals surface area contributed by atoms with Crippen LogP contribution in [-0.4, -0.2) is 15.0 Å². The van der Waals surface area contributed by atoms with Gasteiger partial charge >= 0.3 is 0 Å². The minimum Gasteiger partial charge on any atom is -0.368 e. The molecule has 0 saturated heterocycles. The quantitative estimate of drug-likeness (QED) is 0.699. The molecular formula is C20H18N4. The van der Waals surface area contributed by atoms with Gasteiger partial charge in [-0.1, -0.05) is 29.0 Å². The van der Waals surface area contributed by atoms with E-state index in [-0.39, 0.29) is 5.95 Å². The Labute approximate surface area is 141 Å². The van der Waals surface area contributed by atoms with E-state index in [1.807, 2.05) is 19.1 Å². The Hall–Kier alpha value is -3.19. The Morgan fingerprint density at radius 3 is 2.38 bits per heavy atom. The molecule has 3 aromatic rings. The molecule has 4 heteroatoms. The normalized spacial score (nSPS) is 10.1. The number of aryl methyl sites for hydroxylation is 3. The van der Waals surface area contributed by atoms with Gasteiger partial charge in [0.25, 0.3) is 0 Å². The summed E-state index contributed by atoms with van der Waals surface area (Å²) in [6.45, 7) is 6.03. The largest absolute Gasteiger partial charge is 0.368 e. The zero-order valence-corrected chi connectivity index (χ0v) is 14.0. The first-order valence-electron chi connectivity index (χ1n) is 7.68. The molecule has 0 aliphatic heterocycles. The molecule has 1 aromatic carbocycles. The summed E-state index contributed by atoms with van der Waals surface area (Å²) in [6, 6.07) is 10.1. The molecule has 3 rings (SSSR count). The second-order valence-electron chi connectivity index (χ2n) is 5.76. The number of nitrogens with zero attached hydrogens (tertiary/aromatic N) is 3. The van der Waals surface area contributed by atoms with Gasteiger partial charge in [0.05, 0.1) is 17.0 Å². The average molecular weight is 314 g/mol. The zero-order valence-electron chi connectivity index (χ0n) is 14.0. The Kier molecular flexibility index (Phi) is 4.26. The number of hydrogen-bond acceptors (Lipinski definition) is 4. The number of hydrogen-bond donors (Lipinski definition) is 1. The first-order valence-corrected chi connectivity index (χ1v) is 7.68. The summed E-state index contributed by atoms with van der Waals surface area (Å²) in [7, 11) is 0. The lowest BCUT2D eigenvalue weighted by molar-refractivity contribution is 1.11. The molecule has 0 fully saturated rings. The third-order valence-electron chi connectivity index (χ3n) is 3.60. The summed E-state index contributed by atoms with van der Waals surface area (Å²) in [5.41, 5.74) is 12.4. The molecule has 0 unspecified atom stereocenters. The Morgan fingerprint density at radius 2 is 1.71 bits per heavy atom. The summed E-state index contributed by atoms with van der Waals surface area (Å²) in [4.78, 5) is 12.8. The van der Waals surface area contributed by atoms with Gasteiger partial charge in [0.15, 0.2) is 0 Å². The summed E-state index contributed by atoms with van der Waals surface area (Å²) >= 11 is 0. The van der Waals surface area contributed by atoms with Crippen molar-refractivity contribution < 1.29 is 0 Å². The number of nitrogens with two attached hydrogens (primary N) is 1. The fourth-order valence-electron chi connectivity index (χ4n) is 2.64. The van der Waals surface area contributed by atoms with Gasteiger partial charge in [-0.15, -0.1) is 0 Å². The highest BCUT2D eigenvalue weighted by molar-refractivity contribution is 5.71. The van der Waals surface area contributed by atoms with Crippen molar-refractivity contribution in [2.45, 2.75) is 20.8 Å². The Balaban J connectivity index is 2.18. The van der Waals surface area contributed by atoms with Gasteiger partial charge in [-0.25, -0.2) is 9.97 Å². The third kappa shape index (κ3) is 3.41. The van der Waals surface area contributed by atoms with E-state index >= 15 is 0 Å². The monoisotopic (exact) mass is 314 g/mol. The van der Waals surface area contributed by atoms with E-state index in [4.69, 9.17) is 5.73 Å². The van der Waals surface area contributed by atoms with Crippen molar-refractivity contribution in [2.24, 2.45) is 0 Å². The molecule has 118 valence electrons. The van der Waals surface area contributed by atoms with E-state index < -0.39 is 0 Å². The van der Waals surface area contributed by atoms with Crippen LogP contribution in [0, 0.1) is 32.6 Å². The van der Waals surface area contributed by atoms with Gasteiger partial charge in [0.2, 0.25) is 5.95 Å². The lowest BCUT2D eigenvalue weighted by Gasteiger charge is -2.09. The van der Waals surface area contributed by atoms with Crippen LogP contribution in [0.4, 0.5) is 5.95 Å². The standard InChI is InChI=1S/C20H18N4/c1-13-9-14(2)11-17(10-13)19-18(15(3)23-20(21)24-19)7-6-16-5-4-8-22-12-16/h4-5,8-12H,1-3H3,(H2,21,23,24). The van der Waals surface area contributed by atoms with Crippen LogP contribution in [0.25, 0.3) is 11.3 Å². The SMILES string of the molecule is Cc1cc(C)cc(-c2nc(N)nc(C)c2C#Cc2cccnc2)c1. The molecule has 0 atom stereocenters. The van der Waals surface area contributed by atoms with Crippen LogP contribution in [0.5, 0.6) is 0 Å². The number of aromatic nitrogens is 3. The second-order valence-corrected chi connectivity index (χ2v) is 5.76. The minimum atomic E-state index is 0.258. The number of pyridine rings is 1. The fourth-order valence-corrected chi connectivity index (χ4v) is 2.64. The molecule has 4 nitrogen and oxygen atoms in total. The van der Waals surface area contributed by atoms with Gasteiger partial charge < -0.3 is 5.73 Å². The van der Waals surface area contributed by atoms with Crippen LogP contribution >= 0.6 is 0 Å². The topological polar surface area (TPSA) is 64.7 Å². The first kappa shape index (κ1) is 15.7. The van der Waals surface area contributed by atoms with Crippen LogP contribution in [0.2, 0.25) is 0 Å². The van der Waals surface area contributed by atoms with Crippen molar-refractivity contribution >= 4 is 5.95 Å². The minimum absolute atomic E-state index is 0.258. The number of rotatable bonds is 1. The smallest absolute Gasteiger partial charge is 0.220 e. The number of nitrogen functional groups attached to an aromatic ring is 1. The van der Waals surface area contributed by atoms with Gasteiger partial charge in [-0.05, 0) is 45.0 Å². The third-order valence-corrected chi connectivity index (χ3v) is 3.60. The molecule has 24 heavy (non-hydrogen) atoms. The van der Waals surface area contributed by atoms with Crippen molar-refractivity contribution in [2.75, 3.05) is 5.73 Å². The van der Waals surface area contributed by atoms with Crippen molar-refractivity contribution in [3.63, 3.8) is 0 Å². The molecule has 0 spiro atoms. The maximum absolute atomic E-state index is 5.87. The maximum Gasteiger partial charge on any atom is 0.220 e. The number of benzene rings is 1. The second kappa shape index (κ2) is 6.51. The molecular weight excluding hydrogens is 296 g/mol. The number of anilines is 1. The van der Waals surface area contributed by atoms with Gasteiger partial charge in [0.1, 0.15) is 0 Å². The molecule has 0 aliphatic carbocycles. The fraction of sp³-hybridized carbons (Fsp3) is 0.150. The van der Waals surface area contributed by atoms with E-state index in [9.17, 15) is 0 Å². The Morgan fingerprint density at radius 1 is 0.958 bits per heavy atom. The van der Waals surface area contributed by atoms with E-state index in [1.165, 1.54) is 11.1 Å². The lowest BCUT2D eigenvalue weighted by atomic mass is 10.0. The maximum atomic E-state index is 5.87. The zero-order chi connectivity index (χ0) is 17.1. The van der Waals surface area contributed by atoms with Gasteiger partial charge in [0, 0.05) is 23.5 Å². The highest BCUT2D eigenvalue weighted by Crippen LogP contribution is 2.25. The molecule has 2 N–H and O–H groups in total. The molecule has 0 bridgehead atoms. The Bertz CT molecular complexity index is 930. The van der Waals surface area contributed by atoms with Gasteiger partial charge in [-0.3, -0.25) is 4.98 Å². The summed E-state index contributed by atoms with van der Waals surface area (Å²) in [5, 5.41) is 0. The predicted octanol–water partition coefficient (Wildman–Crippen LogP) is 3.45. The van der Waals surface area contributed by atoms with Gasteiger partial charge in [-0.2, -0.15) is 0 Å². The van der Waals surface area contributed by atoms with Crippen LogP contribution in [-0.2, 0) is 0 Å². The summed E-state index contributed by atoms with van der Waals surface area (Å²) in [6.07, 6.45) is 3.46. The van der Waals surface area contributed by atoms with Crippen molar-refractivity contribution in [1.82, 2.24) is 15.0 Å². The highest BCUT2D eigenvalue weighted by atomic mass is 15.0. The van der Waals surface area contributed by atoms with Crippen LogP contribution in [0.3, 0.4) is 0 Å². The summed E-state index contributed by atoms with van der Waals surface area (Å²) in [5.74, 6) is 6.58. The molecule has 0 amide bonds. The summed E-state index contributed by atoms with van der Waals surface area (Å²) < 4.78 is 0. The van der Waals surface area contributed by atoms with Crippen molar-refractivity contribution in [1.29, 1.82) is 0 Å². The van der Waals surface area contributed by atoms with Crippen LogP contribution < -0.4 is 5.73 Å². The molecule has 2 heterocycles. The van der Waals surface area contributed by atoms with E-state index in [0.717, 1.165) is 28.1 Å². The van der Waals surface area contributed by atoms with Crippen LogP contribution in [0.1, 0.15) is 27.9 Å². The van der Waals surface area contributed by atoms with Crippen molar-refractivity contribution in [3.05, 3.63) is 70.7 Å². The highest BCUT2D eigenvalue weighted by Gasteiger charge is 2.12. The molecule has 0 saturated carbocycles. The van der Waals surface area contributed by atoms with E-state index in [0.29, 0.717) is 0 Å².